The molecular formula is C32H40O5P2. The standard InChI is InChI=1S/C32H40O5P2/c1-5-6-9-16-26-23-30(36-38(4,33)28-18-10-7-11-19-28)32(27-17-14-15-25(2)22-27)31(24-26)37-39(34,35-3)29-20-12-8-13-21-29/h7-8,10-13,18-24,27H,5-6,9,14-17H2,1-4H3. The molecule has 3 aromatic carbocycles. The van der Waals surface area contributed by atoms with E-state index in [-0.39, 0.29) is 5.92 Å². The number of hydrogen-bond acceptors (Lipinski definition) is 5. The van der Waals surface area contributed by atoms with Gasteiger partial charge in [0.1, 0.15) is 11.5 Å². The first-order valence-corrected chi connectivity index (χ1v) is 17.4. The summed E-state index contributed by atoms with van der Waals surface area (Å²) in [5.74, 6) is 0.975. The molecule has 0 spiro atoms. The van der Waals surface area contributed by atoms with Gasteiger partial charge >= 0.3 is 7.60 Å². The Morgan fingerprint density at radius 3 is 2.08 bits per heavy atom. The smallest absolute Gasteiger partial charge is 0.410 e. The molecule has 0 saturated carbocycles. The van der Waals surface area contributed by atoms with Crippen LogP contribution in [0.15, 0.2) is 84.4 Å². The van der Waals surface area contributed by atoms with E-state index in [1.54, 1.807) is 18.8 Å². The average molecular weight is 567 g/mol. The molecule has 0 amide bonds. The normalized spacial score (nSPS) is 18.5. The minimum absolute atomic E-state index is 0.0229. The zero-order valence-corrected chi connectivity index (χ0v) is 25.3. The summed E-state index contributed by atoms with van der Waals surface area (Å²) in [6, 6.07) is 22.3. The van der Waals surface area contributed by atoms with Gasteiger partial charge in [-0.3, -0.25) is 9.09 Å². The first kappa shape index (κ1) is 29.4. The van der Waals surface area contributed by atoms with Crippen LogP contribution in [0, 0.1) is 0 Å². The van der Waals surface area contributed by atoms with Crippen LogP contribution in [-0.4, -0.2) is 13.8 Å². The third kappa shape index (κ3) is 7.34. The number of aryl methyl sites for hydroxylation is 1. The topological polar surface area (TPSA) is 61.8 Å². The fourth-order valence-corrected chi connectivity index (χ4v) is 7.79. The fraction of sp³-hybridized carbons (Fsp3) is 0.375. The largest absolute Gasteiger partial charge is 0.440 e. The van der Waals surface area contributed by atoms with Crippen LogP contribution in [0.5, 0.6) is 11.5 Å². The second-order valence-corrected chi connectivity index (χ2v) is 14.8. The Bertz CT molecular complexity index is 1370. The molecule has 3 aromatic rings. The predicted octanol–water partition coefficient (Wildman–Crippen LogP) is 8.79. The Morgan fingerprint density at radius 1 is 0.872 bits per heavy atom. The third-order valence-corrected chi connectivity index (χ3v) is 10.8. The maximum absolute atomic E-state index is 14.1. The molecule has 0 heterocycles. The molecule has 1 aliphatic carbocycles. The highest BCUT2D eigenvalue weighted by atomic mass is 31.2. The average Bonchev–Trinajstić information content (AvgIpc) is 2.94. The zero-order valence-electron chi connectivity index (χ0n) is 23.5. The van der Waals surface area contributed by atoms with Gasteiger partial charge in [0.25, 0.3) is 7.37 Å². The number of allylic oxidation sites excluding steroid dienone is 2. The summed E-state index contributed by atoms with van der Waals surface area (Å²) in [6.45, 7) is 5.96. The summed E-state index contributed by atoms with van der Waals surface area (Å²) >= 11 is 0. The van der Waals surface area contributed by atoms with Gasteiger partial charge in [-0.25, -0.2) is 4.57 Å². The van der Waals surface area contributed by atoms with Crippen LogP contribution in [0.1, 0.15) is 69.4 Å². The van der Waals surface area contributed by atoms with Crippen LogP contribution in [0.3, 0.4) is 0 Å². The van der Waals surface area contributed by atoms with Crippen LogP contribution in [0.25, 0.3) is 0 Å². The van der Waals surface area contributed by atoms with E-state index in [1.165, 1.54) is 12.7 Å². The van der Waals surface area contributed by atoms with Crippen molar-refractivity contribution in [2.24, 2.45) is 0 Å². The van der Waals surface area contributed by atoms with Crippen LogP contribution in [-0.2, 0) is 20.1 Å². The summed E-state index contributed by atoms with van der Waals surface area (Å²) in [6.07, 6.45) is 9.18. The van der Waals surface area contributed by atoms with E-state index in [1.807, 2.05) is 60.7 Å². The Balaban J connectivity index is 1.88. The van der Waals surface area contributed by atoms with E-state index in [0.29, 0.717) is 22.1 Å². The quantitative estimate of drug-likeness (QED) is 0.125. The van der Waals surface area contributed by atoms with Gasteiger partial charge in [-0.1, -0.05) is 67.8 Å². The molecule has 4 rings (SSSR count). The van der Waals surface area contributed by atoms with Crippen molar-refractivity contribution in [3.8, 4) is 11.5 Å². The molecular weight excluding hydrogens is 526 g/mol. The fourth-order valence-electron chi connectivity index (χ4n) is 5.11. The van der Waals surface area contributed by atoms with Gasteiger partial charge in [0.15, 0.2) is 0 Å². The summed E-state index contributed by atoms with van der Waals surface area (Å²) in [5.41, 5.74) is 3.06. The summed E-state index contributed by atoms with van der Waals surface area (Å²) in [7, 11) is -5.50. The SMILES string of the molecule is CCCCCc1cc(OP(C)(=O)c2ccccc2)c(C2C=C(C)CCC2)c(OP(=O)(OC)c2ccccc2)c1. The lowest BCUT2D eigenvalue weighted by Gasteiger charge is -2.28. The molecule has 0 aromatic heterocycles. The van der Waals surface area contributed by atoms with Crippen molar-refractivity contribution in [2.45, 2.75) is 64.7 Å². The van der Waals surface area contributed by atoms with E-state index in [9.17, 15) is 9.13 Å². The number of benzene rings is 3. The number of rotatable bonds is 12. The van der Waals surface area contributed by atoms with Crippen molar-refractivity contribution in [1.29, 1.82) is 0 Å². The third-order valence-electron chi connectivity index (χ3n) is 7.20. The van der Waals surface area contributed by atoms with Crippen LogP contribution in [0.4, 0.5) is 0 Å². The second-order valence-electron chi connectivity index (χ2n) is 10.4. The second kappa shape index (κ2) is 13.2. The highest BCUT2D eigenvalue weighted by Crippen LogP contribution is 2.54. The summed E-state index contributed by atoms with van der Waals surface area (Å²) < 4.78 is 46.5. The lowest BCUT2D eigenvalue weighted by atomic mass is 9.84. The van der Waals surface area contributed by atoms with Gasteiger partial charge in [0, 0.05) is 30.6 Å². The van der Waals surface area contributed by atoms with Gasteiger partial charge in [-0.15, -0.1) is 0 Å². The van der Waals surface area contributed by atoms with Crippen LogP contribution in [0.2, 0.25) is 0 Å². The highest BCUT2D eigenvalue weighted by molar-refractivity contribution is 7.66. The number of hydrogen-bond donors (Lipinski definition) is 0. The molecule has 0 radical (unpaired) electrons. The van der Waals surface area contributed by atoms with Crippen LogP contribution < -0.4 is 19.7 Å². The Kier molecular flexibility index (Phi) is 9.94. The molecule has 3 unspecified atom stereocenters. The molecule has 1 aliphatic rings. The minimum atomic E-state index is -3.69. The monoisotopic (exact) mass is 566 g/mol. The van der Waals surface area contributed by atoms with Crippen molar-refractivity contribution in [3.05, 3.63) is 95.6 Å². The van der Waals surface area contributed by atoms with Gasteiger partial charge in [0.05, 0.1) is 5.30 Å². The van der Waals surface area contributed by atoms with Crippen molar-refractivity contribution in [3.63, 3.8) is 0 Å². The highest BCUT2D eigenvalue weighted by Gasteiger charge is 2.33. The molecule has 3 atom stereocenters. The Morgan fingerprint density at radius 2 is 1.49 bits per heavy atom. The van der Waals surface area contributed by atoms with E-state index in [4.69, 9.17) is 13.6 Å². The molecule has 0 N–H and O–H groups in total. The lowest BCUT2D eigenvalue weighted by molar-refractivity contribution is 0.331. The molecule has 0 saturated heterocycles. The van der Waals surface area contributed by atoms with Gasteiger partial charge in [-0.2, -0.15) is 0 Å². The van der Waals surface area contributed by atoms with Gasteiger partial charge in [0.2, 0.25) is 0 Å². The Labute approximate surface area is 233 Å². The maximum Gasteiger partial charge on any atom is 0.410 e. The number of unbranched alkanes of at least 4 members (excludes halogenated alkanes) is 2. The van der Waals surface area contributed by atoms with Crippen molar-refractivity contribution >= 4 is 25.6 Å². The van der Waals surface area contributed by atoms with Crippen molar-refractivity contribution in [1.82, 2.24) is 0 Å². The lowest BCUT2D eigenvalue weighted by Crippen LogP contribution is -2.15. The summed E-state index contributed by atoms with van der Waals surface area (Å²) in [5, 5.41) is 1.13. The van der Waals surface area contributed by atoms with E-state index >= 15 is 0 Å². The molecule has 0 fully saturated rings. The minimum Gasteiger partial charge on any atom is -0.440 e. The van der Waals surface area contributed by atoms with Crippen molar-refractivity contribution < 1.29 is 22.7 Å². The van der Waals surface area contributed by atoms with E-state index in [0.717, 1.165) is 56.1 Å². The molecule has 5 nitrogen and oxygen atoms in total. The predicted molar refractivity (Wildman–Crippen MR) is 162 cm³/mol. The summed E-state index contributed by atoms with van der Waals surface area (Å²) in [4.78, 5) is 0. The Hall–Kier alpha value is -2.58. The molecule has 0 aliphatic heterocycles. The zero-order chi connectivity index (χ0) is 27.9. The maximum atomic E-state index is 14.1. The van der Waals surface area contributed by atoms with Gasteiger partial charge < -0.3 is 9.05 Å². The molecule has 7 heteroatoms. The molecule has 39 heavy (non-hydrogen) atoms. The first-order valence-electron chi connectivity index (χ1n) is 13.8. The van der Waals surface area contributed by atoms with Gasteiger partial charge in [-0.05, 0) is 81.0 Å². The van der Waals surface area contributed by atoms with Crippen molar-refractivity contribution in [2.75, 3.05) is 13.8 Å². The first-order chi connectivity index (χ1) is 18.8. The molecule has 0 bridgehead atoms. The molecule has 208 valence electrons. The van der Waals surface area contributed by atoms with E-state index < -0.39 is 15.0 Å². The van der Waals surface area contributed by atoms with Crippen LogP contribution >= 0.6 is 15.0 Å². The van der Waals surface area contributed by atoms with E-state index in [2.05, 4.69) is 19.9 Å².